The largest absolute Gasteiger partial charge is 0.304 e. The summed E-state index contributed by atoms with van der Waals surface area (Å²) in [5.74, 6) is 4.99. The van der Waals surface area contributed by atoms with Gasteiger partial charge in [0.2, 0.25) is 5.91 Å². The van der Waals surface area contributed by atoms with Gasteiger partial charge in [-0.15, -0.1) is 0 Å². The third kappa shape index (κ3) is 3.44. The summed E-state index contributed by atoms with van der Waals surface area (Å²) in [4.78, 5) is 15.9. The molecule has 0 aromatic heterocycles. The predicted molar refractivity (Wildman–Crippen MR) is 60.0 cm³/mol. The van der Waals surface area contributed by atoms with E-state index in [-0.39, 0.29) is 11.8 Å². The molecule has 1 heterocycles. The summed E-state index contributed by atoms with van der Waals surface area (Å²) < 4.78 is 0. The number of carbonyl (C=O) groups excluding carboxylic acids is 1. The SMILES string of the molecule is CC(CN1CCN(C)CC1C)C(=O)NN. The Bertz CT molecular complexity index is 221. The van der Waals surface area contributed by atoms with Gasteiger partial charge >= 0.3 is 0 Å². The molecule has 3 N–H and O–H groups in total. The number of piperazine rings is 1. The number of rotatable bonds is 3. The summed E-state index contributed by atoms with van der Waals surface area (Å²) in [6.07, 6.45) is 0. The predicted octanol–water partition coefficient (Wildman–Crippen LogP) is -0.752. The number of hydrazine groups is 1. The molecule has 88 valence electrons. The summed E-state index contributed by atoms with van der Waals surface area (Å²) in [5.41, 5.74) is 2.20. The van der Waals surface area contributed by atoms with E-state index >= 15 is 0 Å². The van der Waals surface area contributed by atoms with Gasteiger partial charge in [0.1, 0.15) is 0 Å². The molecular formula is C10H22N4O. The van der Waals surface area contributed by atoms with Crippen LogP contribution in [0.25, 0.3) is 0 Å². The van der Waals surface area contributed by atoms with Crippen molar-refractivity contribution in [3.63, 3.8) is 0 Å². The number of nitrogens with zero attached hydrogens (tertiary/aromatic N) is 2. The molecule has 0 spiro atoms. The van der Waals surface area contributed by atoms with Crippen molar-refractivity contribution in [2.24, 2.45) is 11.8 Å². The van der Waals surface area contributed by atoms with Crippen LogP contribution in [0.4, 0.5) is 0 Å². The maximum atomic E-state index is 11.3. The number of hydrogen-bond acceptors (Lipinski definition) is 4. The van der Waals surface area contributed by atoms with Crippen LogP contribution in [0.15, 0.2) is 0 Å². The number of nitrogens with two attached hydrogens (primary N) is 1. The first-order valence-electron chi connectivity index (χ1n) is 5.47. The van der Waals surface area contributed by atoms with Gasteiger partial charge in [0.15, 0.2) is 0 Å². The summed E-state index contributed by atoms with van der Waals surface area (Å²) >= 11 is 0. The Morgan fingerprint density at radius 2 is 2.27 bits per heavy atom. The molecule has 1 aliphatic heterocycles. The molecule has 0 saturated carbocycles. The zero-order valence-electron chi connectivity index (χ0n) is 9.86. The fourth-order valence-corrected chi connectivity index (χ4v) is 2.03. The van der Waals surface area contributed by atoms with E-state index in [1.807, 2.05) is 6.92 Å². The normalized spacial score (nSPS) is 26.3. The Labute approximate surface area is 91.6 Å². The Morgan fingerprint density at radius 3 is 2.80 bits per heavy atom. The molecule has 0 aliphatic carbocycles. The van der Waals surface area contributed by atoms with Gasteiger partial charge in [-0.1, -0.05) is 6.92 Å². The summed E-state index contributed by atoms with van der Waals surface area (Å²) in [7, 11) is 2.13. The molecule has 2 unspecified atom stereocenters. The molecule has 1 rings (SSSR count). The zero-order chi connectivity index (χ0) is 11.4. The highest BCUT2D eigenvalue weighted by Gasteiger charge is 2.24. The second-order valence-electron chi connectivity index (χ2n) is 4.52. The van der Waals surface area contributed by atoms with Crippen molar-refractivity contribution in [1.29, 1.82) is 0 Å². The van der Waals surface area contributed by atoms with Crippen molar-refractivity contribution < 1.29 is 4.79 Å². The first kappa shape index (κ1) is 12.4. The van der Waals surface area contributed by atoms with Gasteiger partial charge in [-0.25, -0.2) is 5.84 Å². The van der Waals surface area contributed by atoms with Crippen LogP contribution < -0.4 is 11.3 Å². The van der Waals surface area contributed by atoms with Gasteiger partial charge in [-0.05, 0) is 14.0 Å². The van der Waals surface area contributed by atoms with Crippen LogP contribution in [0, 0.1) is 5.92 Å². The van der Waals surface area contributed by atoms with Crippen LogP contribution in [0.5, 0.6) is 0 Å². The Hall–Kier alpha value is -0.650. The highest BCUT2D eigenvalue weighted by molar-refractivity contribution is 5.77. The maximum Gasteiger partial charge on any atom is 0.237 e. The van der Waals surface area contributed by atoms with E-state index < -0.39 is 0 Å². The highest BCUT2D eigenvalue weighted by atomic mass is 16.2. The van der Waals surface area contributed by atoms with E-state index in [2.05, 4.69) is 29.2 Å². The zero-order valence-corrected chi connectivity index (χ0v) is 9.86. The molecule has 1 fully saturated rings. The van der Waals surface area contributed by atoms with Crippen LogP contribution in [-0.4, -0.2) is 55.0 Å². The van der Waals surface area contributed by atoms with Crippen molar-refractivity contribution in [2.45, 2.75) is 19.9 Å². The van der Waals surface area contributed by atoms with Crippen LogP contribution in [0.1, 0.15) is 13.8 Å². The molecule has 0 radical (unpaired) electrons. The first-order chi connectivity index (χ1) is 7.04. The number of likely N-dealkylation sites (N-methyl/N-ethyl adjacent to an activating group) is 1. The number of amides is 1. The topological polar surface area (TPSA) is 61.6 Å². The molecule has 0 bridgehead atoms. The van der Waals surface area contributed by atoms with Crippen molar-refractivity contribution in [1.82, 2.24) is 15.2 Å². The number of nitrogens with one attached hydrogen (secondary N) is 1. The van der Waals surface area contributed by atoms with Gasteiger partial charge in [0, 0.05) is 38.1 Å². The average molecular weight is 214 g/mol. The lowest BCUT2D eigenvalue weighted by atomic mass is 10.1. The van der Waals surface area contributed by atoms with E-state index in [0.717, 1.165) is 26.2 Å². The third-order valence-corrected chi connectivity index (χ3v) is 3.07. The van der Waals surface area contributed by atoms with Crippen molar-refractivity contribution in [2.75, 3.05) is 33.2 Å². The lowest BCUT2D eigenvalue weighted by Gasteiger charge is -2.39. The van der Waals surface area contributed by atoms with Crippen LogP contribution >= 0.6 is 0 Å². The van der Waals surface area contributed by atoms with Gasteiger partial charge in [-0.3, -0.25) is 15.1 Å². The monoisotopic (exact) mass is 214 g/mol. The highest BCUT2D eigenvalue weighted by Crippen LogP contribution is 2.10. The molecule has 15 heavy (non-hydrogen) atoms. The van der Waals surface area contributed by atoms with Gasteiger partial charge in [0.05, 0.1) is 0 Å². The van der Waals surface area contributed by atoms with E-state index in [4.69, 9.17) is 5.84 Å². The minimum absolute atomic E-state index is 0.0409. The summed E-state index contributed by atoms with van der Waals surface area (Å²) in [6.45, 7) is 8.06. The minimum atomic E-state index is -0.0823. The van der Waals surface area contributed by atoms with Crippen molar-refractivity contribution in [3.05, 3.63) is 0 Å². The average Bonchev–Trinajstić information content (AvgIpc) is 2.20. The smallest absolute Gasteiger partial charge is 0.237 e. The van der Waals surface area contributed by atoms with E-state index in [1.165, 1.54) is 0 Å². The fourth-order valence-electron chi connectivity index (χ4n) is 2.03. The Kier molecular flexibility index (Phi) is 4.50. The molecule has 0 aromatic carbocycles. The number of carbonyl (C=O) groups is 1. The van der Waals surface area contributed by atoms with E-state index in [0.29, 0.717) is 6.04 Å². The first-order valence-corrected chi connectivity index (χ1v) is 5.47. The molecule has 5 nitrogen and oxygen atoms in total. The molecule has 1 aliphatic rings. The quantitative estimate of drug-likeness (QED) is 0.369. The maximum absolute atomic E-state index is 11.3. The molecule has 0 aromatic rings. The standard InChI is InChI=1S/C10H22N4O/c1-8(10(15)12-11)6-14-5-4-13(3)7-9(14)2/h8-9H,4-7,11H2,1-3H3,(H,12,15). The van der Waals surface area contributed by atoms with E-state index in [9.17, 15) is 4.79 Å². The molecule has 5 heteroatoms. The second-order valence-corrected chi connectivity index (χ2v) is 4.52. The molecule has 2 atom stereocenters. The minimum Gasteiger partial charge on any atom is -0.304 e. The van der Waals surface area contributed by atoms with Crippen molar-refractivity contribution >= 4 is 5.91 Å². The van der Waals surface area contributed by atoms with E-state index in [1.54, 1.807) is 0 Å². The third-order valence-electron chi connectivity index (χ3n) is 3.07. The lowest BCUT2D eigenvalue weighted by Crippen LogP contribution is -2.53. The Balaban J connectivity index is 2.41. The lowest BCUT2D eigenvalue weighted by molar-refractivity contribution is -0.125. The molecular weight excluding hydrogens is 192 g/mol. The molecule has 1 amide bonds. The van der Waals surface area contributed by atoms with Crippen LogP contribution in [0.3, 0.4) is 0 Å². The second kappa shape index (κ2) is 5.44. The number of hydrogen-bond donors (Lipinski definition) is 2. The van der Waals surface area contributed by atoms with Gasteiger partial charge in [-0.2, -0.15) is 0 Å². The summed E-state index contributed by atoms with van der Waals surface area (Å²) in [5, 5.41) is 0. The van der Waals surface area contributed by atoms with Crippen LogP contribution in [0.2, 0.25) is 0 Å². The molecule has 1 saturated heterocycles. The Morgan fingerprint density at radius 1 is 1.60 bits per heavy atom. The fraction of sp³-hybridized carbons (Fsp3) is 0.900. The van der Waals surface area contributed by atoms with Crippen molar-refractivity contribution in [3.8, 4) is 0 Å². The van der Waals surface area contributed by atoms with Gasteiger partial charge in [0.25, 0.3) is 0 Å². The van der Waals surface area contributed by atoms with Crippen LogP contribution in [-0.2, 0) is 4.79 Å². The van der Waals surface area contributed by atoms with Gasteiger partial charge < -0.3 is 4.90 Å². The summed E-state index contributed by atoms with van der Waals surface area (Å²) in [6, 6.07) is 0.511.